The lowest BCUT2D eigenvalue weighted by molar-refractivity contribution is -0.128. The summed E-state index contributed by atoms with van der Waals surface area (Å²) in [7, 11) is 0. The number of aromatic nitrogens is 2. The maximum atomic E-state index is 11.8. The molecule has 8 heteroatoms. The second kappa shape index (κ2) is 7.00. The molecule has 0 aliphatic heterocycles. The van der Waals surface area contributed by atoms with Gasteiger partial charge in [0.2, 0.25) is 5.91 Å². The molecule has 0 aromatic carbocycles. The summed E-state index contributed by atoms with van der Waals surface area (Å²) in [5.74, 6) is -0.445. The molecule has 1 aromatic rings. The van der Waals surface area contributed by atoms with E-state index in [9.17, 15) is 18.0 Å². The standard InChI is InChI=1S/C10H15F3N4O/c11-10(12,13)8-14-7-9(18)15-3-1-5-17-6-2-4-16-17/h2,4,6,14H,1,3,5,7-8H2,(H,15,18). The van der Waals surface area contributed by atoms with Crippen molar-refractivity contribution in [1.82, 2.24) is 20.4 Å². The molecule has 1 heterocycles. The molecule has 0 aliphatic carbocycles. The number of halogens is 3. The summed E-state index contributed by atoms with van der Waals surface area (Å²) in [5, 5.41) is 8.52. The van der Waals surface area contributed by atoms with Gasteiger partial charge in [0.05, 0.1) is 13.1 Å². The second-order valence-corrected chi connectivity index (χ2v) is 3.69. The van der Waals surface area contributed by atoms with E-state index >= 15 is 0 Å². The minimum Gasteiger partial charge on any atom is -0.355 e. The number of nitrogens with zero attached hydrogens (tertiary/aromatic N) is 2. The molecule has 0 saturated heterocycles. The lowest BCUT2D eigenvalue weighted by Crippen LogP contribution is -2.38. The molecule has 0 fully saturated rings. The Bertz CT molecular complexity index is 351. The summed E-state index contributed by atoms with van der Waals surface area (Å²) in [6, 6.07) is 1.79. The first-order valence-corrected chi connectivity index (χ1v) is 5.49. The lowest BCUT2D eigenvalue weighted by Gasteiger charge is -2.08. The molecule has 5 nitrogen and oxygen atoms in total. The number of alkyl halides is 3. The van der Waals surface area contributed by atoms with Crippen LogP contribution in [0.25, 0.3) is 0 Å². The summed E-state index contributed by atoms with van der Waals surface area (Å²) in [5.41, 5.74) is 0. The molecule has 0 spiro atoms. The Morgan fingerprint density at radius 2 is 2.17 bits per heavy atom. The average Bonchev–Trinajstić information content (AvgIpc) is 2.75. The van der Waals surface area contributed by atoms with Gasteiger partial charge >= 0.3 is 6.18 Å². The molecule has 0 aliphatic rings. The van der Waals surface area contributed by atoms with E-state index in [1.807, 2.05) is 5.32 Å². The van der Waals surface area contributed by atoms with Crippen LogP contribution in [0.15, 0.2) is 18.5 Å². The van der Waals surface area contributed by atoms with Gasteiger partial charge in [-0.1, -0.05) is 0 Å². The topological polar surface area (TPSA) is 59.0 Å². The number of carbonyl (C=O) groups excluding carboxylic acids is 1. The summed E-state index contributed by atoms with van der Waals surface area (Å²) in [6.07, 6.45) is -0.167. The molecule has 0 saturated carbocycles. The van der Waals surface area contributed by atoms with Gasteiger partial charge in [-0.25, -0.2) is 0 Å². The molecular formula is C10H15F3N4O. The number of hydrogen-bond donors (Lipinski definition) is 2. The maximum Gasteiger partial charge on any atom is 0.401 e. The Labute approximate surface area is 102 Å². The molecular weight excluding hydrogens is 249 g/mol. The highest BCUT2D eigenvalue weighted by Crippen LogP contribution is 2.11. The highest BCUT2D eigenvalue weighted by atomic mass is 19.4. The minimum atomic E-state index is -4.29. The van der Waals surface area contributed by atoms with Crippen LogP contribution in [0.3, 0.4) is 0 Å². The van der Waals surface area contributed by atoms with Crippen molar-refractivity contribution in [1.29, 1.82) is 0 Å². The number of amides is 1. The van der Waals surface area contributed by atoms with Crippen molar-refractivity contribution in [3.05, 3.63) is 18.5 Å². The SMILES string of the molecule is O=C(CNCC(F)(F)F)NCCCn1cccn1. The first-order valence-electron chi connectivity index (χ1n) is 5.49. The zero-order chi connectivity index (χ0) is 13.4. The average molecular weight is 264 g/mol. The third-order valence-electron chi connectivity index (χ3n) is 2.06. The van der Waals surface area contributed by atoms with Crippen molar-refractivity contribution in [2.75, 3.05) is 19.6 Å². The molecule has 18 heavy (non-hydrogen) atoms. The van der Waals surface area contributed by atoms with Gasteiger partial charge in [0.1, 0.15) is 0 Å². The number of nitrogens with one attached hydrogen (secondary N) is 2. The van der Waals surface area contributed by atoms with Crippen molar-refractivity contribution in [2.24, 2.45) is 0 Å². The number of aryl methyl sites for hydroxylation is 1. The number of rotatable bonds is 7. The molecule has 1 rings (SSSR count). The summed E-state index contributed by atoms with van der Waals surface area (Å²) < 4.78 is 37.0. The van der Waals surface area contributed by atoms with E-state index in [1.165, 1.54) is 0 Å². The largest absolute Gasteiger partial charge is 0.401 e. The van der Waals surface area contributed by atoms with Crippen LogP contribution in [-0.4, -0.2) is 41.5 Å². The molecule has 2 N–H and O–H groups in total. The minimum absolute atomic E-state index is 0.332. The monoisotopic (exact) mass is 264 g/mol. The number of carbonyl (C=O) groups is 1. The van der Waals surface area contributed by atoms with Gasteiger partial charge in [0, 0.05) is 25.5 Å². The van der Waals surface area contributed by atoms with Crippen LogP contribution in [0.1, 0.15) is 6.42 Å². The smallest absolute Gasteiger partial charge is 0.355 e. The quantitative estimate of drug-likeness (QED) is 0.707. The maximum absolute atomic E-state index is 11.8. The van der Waals surface area contributed by atoms with E-state index in [4.69, 9.17) is 0 Å². The second-order valence-electron chi connectivity index (χ2n) is 3.69. The van der Waals surface area contributed by atoms with Crippen LogP contribution in [0.4, 0.5) is 13.2 Å². The van der Waals surface area contributed by atoms with E-state index in [0.29, 0.717) is 19.5 Å². The van der Waals surface area contributed by atoms with Gasteiger partial charge in [-0.05, 0) is 12.5 Å². The Hall–Kier alpha value is -1.57. The van der Waals surface area contributed by atoms with Crippen molar-refractivity contribution in [3.8, 4) is 0 Å². The van der Waals surface area contributed by atoms with E-state index in [-0.39, 0.29) is 6.54 Å². The van der Waals surface area contributed by atoms with E-state index in [0.717, 1.165) is 0 Å². The van der Waals surface area contributed by atoms with E-state index < -0.39 is 18.6 Å². The molecule has 0 bridgehead atoms. The highest BCUT2D eigenvalue weighted by molar-refractivity contribution is 5.77. The van der Waals surface area contributed by atoms with Gasteiger partial charge in [-0.3, -0.25) is 9.48 Å². The van der Waals surface area contributed by atoms with Gasteiger partial charge in [-0.15, -0.1) is 0 Å². The zero-order valence-electron chi connectivity index (χ0n) is 9.70. The Balaban J connectivity index is 2.00. The molecule has 1 aromatic heterocycles. The van der Waals surface area contributed by atoms with Gasteiger partial charge in [-0.2, -0.15) is 18.3 Å². The Morgan fingerprint density at radius 3 is 2.78 bits per heavy atom. The van der Waals surface area contributed by atoms with Crippen LogP contribution in [-0.2, 0) is 11.3 Å². The van der Waals surface area contributed by atoms with Crippen LogP contribution in [0, 0.1) is 0 Å². The molecule has 0 radical (unpaired) electrons. The number of hydrogen-bond acceptors (Lipinski definition) is 3. The Kier molecular flexibility index (Phi) is 5.63. The van der Waals surface area contributed by atoms with Crippen LogP contribution in [0.2, 0.25) is 0 Å². The van der Waals surface area contributed by atoms with Crippen LogP contribution >= 0.6 is 0 Å². The first-order chi connectivity index (χ1) is 8.47. The fraction of sp³-hybridized carbons (Fsp3) is 0.600. The third kappa shape index (κ3) is 6.89. The van der Waals surface area contributed by atoms with E-state index in [2.05, 4.69) is 10.4 Å². The zero-order valence-corrected chi connectivity index (χ0v) is 9.70. The van der Waals surface area contributed by atoms with Crippen LogP contribution in [0.5, 0.6) is 0 Å². The van der Waals surface area contributed by atoms with E-state index in [1.54, 1.807) is 23.1 Å². The predicted molar refractivity (Wildman–Crippen MR) is 58.8 cm³/mol. The van der Waals surface area contributed by atoms with Gasteiger partial charge in [0.15, 0.2) is 0 Å². The van der Waals surface area contributed by atoms with Crippen molar-refractivity contribution in [3.63, 3.8) is 0 Å². The summed E-state index contributed by atoms with van der Waals surface area (Å²) in [4.78, 5) is 11.1. The lowest BCUT2D eigenvalue weighted by atomic mass is 10.4. The fourth-order valence-corrected chi connectivity index (χ4v) is 1.28. The molecule has 0 atom stereocenters. The first kappa shape index (κ1) is 14.5. The third-order valence-corrected chi connectivity index (χ3v) is 2.06. The van der Waals surface area contributed by atoms with Crippen molar-refractivity contribution in [2.45, 2.75) is 19.1 Å². The Morgan fingerprint density at radius 1 is 1.39 bits per heavy atom. The highest BCUT2D eigenvalue weighted by Gasteiger charge is 2.26. The molecule has 102 valence electrons. The normalized spacial score (nSPS) is 11.5. The molecule has 0 unspecified atom stereocenters. The fourth-order valence-electron chi connectivity index (χ4n) is 1.28. The van der Waals surface area contributed by atoms with Gasteiger partial charge < -0.3 is 10.6 Å². The summed E-state index contributed by atoms with van der Waals surface area (Å²) in [6.45, 7) is -0.426. The van der Waals surface area contributed by atoms with Gasteiger partial charge in [0.25, 0.3) is 0 Å². The summed E-state index contributed by atoms with van der Waals surface area (Å²) >= 11 is 0. The van der Waals surface area contributed by atoms with Crippen molar-refractivity contribution < 1.29 is 18.0 Å². The predicted octanol–water partition coefficient (Wildman–Crippen LogP) is 0.541. The van der Waals surface area contributed by atoms with Crippen LogP contribution < -0.4 is 10.6 Å². The molecule has 1 amide bonds. The van der Waals surface area contributed by atoms with Crippen molar-refractivity contribution >= 4 is 5.91 Å².